The maximum Gasteiger partial charge on any atom is 0.343 e. The molecule has 0 fully saturated rings. The van der Waals surface area contributed by atoms with Crippen molar-refractivity contribution >= 4 is 17.8 Å². The first-order chi connectivity index (χ1) is 7.06. The van der Waals surface area contributed by atoms with Crippen molar-refractivity contribution in [1.82, 2.24) is 10.2 Å². The lowest BCUT2D eigenvalue weighted by molar-refractivity contribution is 0.0527. The zero-order valence-corrected chi connectivity index (χ0v) is 8.46. The zero-order valence-electron chi connectivity index (χ0n) is 8.46. The Morgan fingerprint density at radius 3 is 2.80 bits per heavy atom. The highest BCUT2D eigenvalue weighted by Gasteiger charge is 2.19. The Labute approximate surface area is 86.0 Å². The Balaban J connectivity index is 2.98. The molecule has 0 atom stereocenters. The lowest BCUT2D eigenvalue weighted by atomic mass is 10.2. The number of aromatic nitrogens is 2. The number of ether oxygens (including phenoxy) is 1. The first-order valence-electron chi connectivity index (χ1n) is 4.34. The number of primary amides is 1. The van der Waals surface area contributed by atoms with Crippen LogP contribution in [0.25, 0.3) is 0 Å². The normalized spacial score (nSPS) is 9.73. The van der Waals surface area contributed by atoms with Crippen LogP contribution in [0, 0.1) is 6.92 Å². The molecule has 0 saturated carbocycles. The lowest BCUT2D eigenvalue weighted by Crippen LogP contribution is -2.21. The zero-order chi connectivity index (χ0) is 11.4. The molecule has 0 bridgehead atoms. The van der Waals surface area contributed by atoms with Gasteiger partial charge in [-0.3, -0.25) is 10.4 Å². The highest BCUT2D eigenvalue weighted by molar-refractivity contribution is 6.00. The van der Waals surface area contributed by atoms with E-state index < -0.39 is 12.0 Å². The number of nitrogens with one attached hydrogen (secondary N) is 2. The first-order valence-corrected chi connectivity index (χ1v) is 4.34. The number of amides is 2. The van der Waals surface area contributed by atoms with Gasteiger partial charge in [-0.05, 0) is 13.8 Å². The van der Waals surface area contributed by atoms with Crippen LogP contribution in [0.1, 0.15) is 23.0 Å². The third-order valence-corrected chi connectivity index (χ3v) is 1.67. The number of H-pyrrole nitrogens is 1. The number of hydrogen-bond acceptors (Lipinski definition) is 4. The van der Waals surface area contributed by atoms with Crippen LogP contribution < -0.4 is 11.1 Å². The summed E-state index contributed by atoms with van der Waals surface area (Å²) in [7, 11) is 0. The lowest BCUT2D eigenvalue weighted by Gasteiger charge is -2.03. The predicted molar refractivity (Wildman–Crippen MR) is 52.5 cm³/mol. The molecule has 7 heteroatoms. The molecular formula is C8H12N4O3. The molecule has 0 spiro atoms. The van der Waals surface area contributed by atoms with Gasteiger partial charge in [0, 0.05) is 5.69 Å². The van der Waals surface area contributed by atoms with Crippen molar-refractivity contribution in [2.75, 3.05) is 11.9 Å². The molecular weight excluding hydrogens is 200 g/mol. The second-order valence-corrected chi connectivity index (χ2v) is 2.78. The largest absolute Gasteiger partial charge is 0.462 e. The van der Waals surface area contributed by atoms with Crippen molar-refractivity contribution in [3.05, 3.63) is 11.3 Å². The Kier molecular flexibility index (Phi) is 3.27. The topological polar surface area (TPSA) is 110 Å². The number of nitrogens with two attached hydrogens (primary N) is 1. The van der Waals surface area contributed by atoms with Crippen LogP contribution in [0.3, 0.4) is 0 Å². The van der Waals surface area contributed by atoms with Crippen molar-refractivity contribution in [3.63, 3.8) is 0 Å². The van der Waals surface area contributed by atoms with Gasteiger partial charge in [-0.15, -0.1) is 0 Å². The van der Waals surface area contributed by atoms with Crippen molar-refractivity contribution in [2.45, 2.75) is 13.8 Å². The van der Waals surface area contributed by atoms with E-state index in [9.17, 15) is 9.59 Å². The second kappa shape index (κ2) is 4.45. The summed E-state index contributed by atoms with van der Waals surface area (Å²) in [5.41, 5.74) is 5.62. The monoisotopic (exact) mass is 212 g/mol. The van der Waals surface area contributed by atoms with Gasteiger partial charge in [0.2, 0.25) is 0 Å². The number of hydrogen-bond donors (Lipinski definition) is 3. The SMILES string of the molecule is CCOC(=O)c1c(NC(N)=O)n[nH]c1C. The number of aryl methyl sites for hydroxylation is 1. The van der Waals surface area contributed by atoms with Crippen LogP contribution in [0.2, 0.25) is 0 Å². The van der Waals surface area contributed by atoms with Crippen molar-refractivity contribution in [1.29, 1.82) is 0 Å². The Bertz CT molecular complexity index is 385. The maximum absolute atomic E-state index is 11.5. The summed E-state index contributed by atoms with van der Waals surface area (Å²) < 4.78 is 4.80. The minimum absolute atomic E-state index is 0.0819. The van der Waals surface area contributed by atoms with Crippen LogP contribution in [0.5, 0.6) is 0 Å². The third-order valence-electron chi connectivity index (χ3n) is 1.67. The van der Waals surface area contributed by atoms with Crippen LogP contribution >= 0.6 is 0 Å². The van der Waals surface area contributed by atoms with Crippen LogP contribution in [0.15, 0.2) is 0 Å². The predicted octanol–water partition coefficient (Wildman–Crippen LogP) is 0.385. The first kappa shape index (κ1) is 11.0. The molecule has 1 aromatic rings. The molecule has 0 unspecified atom stereocenters. The summed E-state index contributed by atoms with van der Waals surface area (Å²) in [6, 6.07) is -0.785. The molecule has 0 radical (unpaired) electrons. The van der Waals surface area contributed by atoms with E-state index in [1.54, 1.807) is 13.8 Å². The van der Waals surface area contributed by atoms with Gasteiger partial charge < -0.3 is 10.5 Å². The Morgan fingerprint density at radius 2 is 2.27 bits per heavy atom. The summed E-state index contributed by atoms with van der Waals surface area (Å²) >= 11 is 0. The average Bonchev–Trinajstić information content (AvgIpc) is 2.46. The standard InChI is InChI=1S/C8H12N4O3/c1-3-15-7(13)5-4(2)11-12-6(5)10-8(9)14/h3H2,1-2H3,(H4,9,10,11,12,14). The molecule has 1 rings (SSSR count). The van der Waals surface area contributed by atoms with Crippen LogP contribution in [0.4, 0.5) is 10.6 Å². The number of esters is 1. The van der Waals surface area contributed by atoms with E-state index in [1.807, 2.05) is 0 Å². The molecule has 0 aliphatic carbocycles. The van der Waals surface area contributed by atoms with E-state index in [4.69, 9.17) is 10.5 Å². The van der Waals surface area contributed by atoms with E-state index in [2.05, 4.69) is 15.5 Å². The van der Waals surface area contributed by atoms with E-state index in [0.717, 1.165) is 0 Å². The highest BCUT2D eigenvalue weighted by atomic mass is 16.5. The summed E-state index contributed by atoms with van der Waals surface area (Å²) in [5, 5.41) is 8.51. The number of urea groups is 1. The van der Waals surface area contributed by atoms with Crippen LogP contribution in [-0.2, 0) is 4.74 Å². The molecule has 1 heterocycles. The third kappa shape index (κ3) is 2.46. The number of aromatic amines is 1. The van der Waals surface area contributed by atoms with Gasteiger partial charge in [0.1, 0.15) is 5.56 Å². The fourth-order valence-electron chi connectivity index (χ4n) is 1.09. The molecule has 15 heavy (non-hydrogen) atoms. The molecule has 2 amide bonds. The van der Waals surface area contributed by atoms with Crippen LogP contribution in [-0.4, -0.2) is 28.8 Å². The fourth-order valence-corrected chi connectivity index (χ4v) is 1.09. The highest BCUT2D eigenvalue weighted by Crippen LogP contribution is 2.16. The summed E-state index contributed by atoms with van der Waals surface area (Å²) in [6.45, 7) is 3.58. The molecule has 82 valence electrons. The molecule has 4 N–H and O–H groups in total. The van der Waals surface area contributed by atoms with Gasteiger partial charge in [0.15, 0.2) is 5.82 Å². The Morgan fingerprint density at radius 1 is 1.60 bits per heavy atom. The van der Waals surface area contributed by atoms with E-state index >= 15 is 0 Å². The fraction of sp³-hybridized carbons (Fsp3) is 0.375. The number of carbonyl (C=O) groups excluding carboxylic acids is 2. The molecule has 1 aromatic heterocycles. The Hall–Kier alpha value is -2.05. The van der Waals surface area contributed by atoms with E-state index in [1.165, 1.54) is 0 Å². The van der Waals surface area contributed by atoms with Gasteiger partial charge in [0.25, 0.3) is 0 Å². The van der Waals surface area contributed by atoms with Gasteiger partial charge in [-0.2, -0.15) is 5.10 Å². The van der Waals surface area contributed by atoms with Crippen molar-refractivity contribution in [3.8, 4) is 0 Å². The van der Waals surface area contributed by atoms with E-state index in [-0.39, 0.29) is 18.0 Å². The molecule has 0 saturated heterocycles. The summed E-state index contributed by atoms with van der Waals surface area (Å²) in [6.07, 6.45) is 0. The average molecular weight is 212 g/mol. The molecule has 7 nitrogen and oxygen atoms in total. The maximum atomic E-state index is 11.5. The van der Waals surface area contributed by atoms with E-state index in [0.29, 0.717) is 5.69 Å². The number of nitrogens with zero attached hydrogens (tertiary/aromatic N) is 1. The van der Waals surface area contributed by atoms with Crippen molar-refractivity contribution in [2.24, 2.45) is 5.73 Å². The van der Waals surface area contributed by atoms with Gasteiger partial charge in [-0.1, -0.05) is 0 Å². The number of carbonyl (C=O) groups is 2. The number of anilines is 1. The summed E-state index contributed by atoms with van der Waals surface area (Å²) in [4.78, 5) is 22.1. The van der Waals surface area contributed by atoms with Gasteiger partial charge in [-0.25, -0.2) is 9.59 Å². The molecule has 0 aromatic carbocycles. The smallest absolute Gasteiger partial charge is 0.343 e. The minimum Gasteiger partial charge on any atom is -0.462 e. The second-order valence-electron chi connectivity index (χ2n) is 2.78. The molecule has 0 aliphatic rings. The minimum atomic E-state index is -0.785. The molecule has 0 aliphatic heterocycles. The summed E-state index contributed by atoms with van der Waals surface area (Å²) in [5.74, 6) is -0.467. The quantitative estimate of drug-likeness (QED) is 0.629. The van der Waals surface area contributed by atoms with Gasteiger partial charge >= 0.3 is 12.0 Å². The van der Waals surface area contributed by atoms with Crippen molar-refractivity contribution < 1.29 is 14.3 Å². The van der Waals surface area contributed by atoms with Gasteiger partial charge in [0.05, 0.1) is 6.61 Å². The number of rotatable bonds is 3.